The Bertz CT molecular complexity index is 316. The molecule has 1 rings (SSSR count). The monoisotopic (exact) mass is 182 g/mol. The number of hydrogen-bond donors (Lipinski definition) is 1. The highest BCUT2D eigenvalue weighted by Gasteiger charge is 2.12. The smallest absolute Gasteiger partial charge is 0.269 e. The Balaban J connectivity index is 2.83. The van der Waals surface area contributed by atoms with Gasteiger partial charge in [0.05, 0.1) is 11.8 Å². The zero-order chi connectivity index (χ0) is 10.0. The normalized spacial score (nSPS) is 10.5. The van der Waals surface area contributed by atoms with Gasteiger partial charge in [-0.25, -0.2) is 5.01 Å². The summed E-state index contributed by atoms with van der Waals surface area (Å²) < 4.78 is 1.67. The van der Waals surface area contributed by atoms with Gasteiger partial charge in [0.2, 0.25) is 0 Å². The molecule has 0 aliphatic rings. The van der Waals surface area contributed by atoms with Crippen LogP contribution in [0.25, 0.3) is 0 Å². The quantitative estimate of drug-likeness (QED) is 0.652. The van der Waals surface area contributed by atoms with Crippen LogP contribution in [0, 0.1) is 6.92 Å². The van der Waals surface area contributed by atoms with Gasteiger partial charge in [-0.05, 0) is 6.92 Å². The third-order valence-corrected chi connectivity index (χ3v) is 1.81. The molecule has 0 bridgehead atoms. The summed E-state index contributed by atoms with van der Waals surface area (Å²) in [5.74, 6) is -0.129. The molecule has 5 heteroatoms. The van der Waals surface area contributed by atoms with Gasteiger partial charge in [-0.1, -0.05) is 0 Å². The number of carbonyl (C=O) groups is 1. The van der Waals surface area contributed by atoms with E-state index in [1.807, 2.05) is 14.0 Å². The van der Waals surface area contributed by atoms with Crippen LogP contribution >= 0.6 is 0 Å². The maximum atomic E-state index is 11.5. The molecule has 1 amide bonds. The van der Waals surface area contributed by atoms with Crippen molar-refractivity contribution in [2.24, 2.45) is 7.05 Å². The molecule has 0 atom stereocenters. The van der Waals surface area contributed by atoms with Gasteiger partial charge in [-0.3, -0.25) is 14.9 Å². The number of amides is 1. The van der Waals surface area contributed by atoms with E-state index in [1.165, 1.54) is 0 Å². The predicted octanol–water partition coefficient (Wildman–Crippen LogP) is -0.0651. The Morgan fingerprint density at radius 2 is 2.23 bits per heavy atom. The largest absolute Gasteiger partial charge is 0.285 e. The molecule has 1 N–H and O–H groups in total. The van der Waals surface area contributed by atoms with Gasteiger partial charge in [0.15, 0.2) is 0 Å². The summed E-state index contributed by atoms with van der Waals surface area (Å²) in [4.78, 5) is 11.5. The van der Waals surface area contributed by atoms with Crippen molar-refractivity contribution in [3.8, 4) is 0 Å². The molecule has 13 heavy (non-hydrogen) atoms. The molecule has 5 nitrogen and oxygen atoms in total. The molecule has 0 aliphatic heterocycles. The van der Waals surface area contributed by atoms with Gasteiger partial charge < -0.3 is 0 Å². The second-order valence-electron chi connectivity index (χ2n) is 3.10. The minimum absolute atomic E-state index is 0.129. The third-order valence-electron chi connectivity index (χ3n) is 1.81. The number of nitrogens with one attached hydrogen (secondary N) is 1. The number of hydrazine groups is 1. The van der Waals surface area contributed by atoms with Gasteiger partial charge in [-0.2, -0.15) is 5.10 Å². The topological polar surface area (TPSA) is 50.2 Å². The third kappa shape index (κ3) is 2.06. The molecule has 0 saturated heterocycles. The molecule has 0 unspecified atom stereocenters. The van der Waals surface area contributed by atoms with Gasteiger partial charge in [0, 0.05) is 26.8 Å². The molecule has 0 saturated carbocycles. The highest BCUT2D eigenvalue weighted by Crippen LogP contribution is 2.04. The second kappa shape index (κ2) is 3.57. The fraction of sp³-hybridized carbons (Fsp3) is 0.500. The van der Waals surface area contributed by atoms with Crippen molar-refractivity contribution in [1.29, 1.82) is 0 Å². The highest BCUT2D eigenvalue weighted by molar-refractivity contribution is 5.94. The van der Waals surface area contributed by atoms with Gasteiger partial charge in [0.25, 0.3) is 5.91 Å². The van der Waals surface area contributed by atoms with Crippen LogP contribution in [-0.4, -0.2) is 34.8 Å². The standard InChI is InChI=1S/C8H14N4O/c1-6-7(5-9-12(6)4)8(13)10-11(2)3/h5H,1-4H3,(H,10,13). The van der Waals surface area contributed by atoms with Gasteiger partial charge >= 0.3 is 0 Å². The van der Waals surface area contributed by atoms with Crippen LogP contribution in [0.5, 0.6) is 0 Å². The lowest BCUT2D eigenvalue weighted by atomic mass is 10.2. The van der Waals surface area contributed by atoms with Crippen LogP contribution in [0.2, 0.25) is 0 Å². The van der Waals surface area contributed by atoms with Crippen molar-refractivity contribution < 1.29 is 4.79 Å². The van der Waals surface area contributed by atoms with E-state index < -0.39 is 0 Å². The van der Waals surface area contributed by atoms with Gasteiger partial charge in [0.1, 0.15) is 0 Å². The van der Waals surface area contributed by atoms with Crippen LogP contribution < -0.4 is 5.43 Å². The Morgan fingerprint density at radius 3 is 2.62 bits per heavy atom. The number of rotatable bonds is 2. The van der Waals surface area contributed by atoms with E-state index in [4.69, 9.17) is 0 Å². The number of aryl methyl sites for hydroxylation is 1. The second-order valence-corrected chi connectivity index (χ2v) is 3.10. The van der Waals surface area contributed by atoms with Crippen LogP contribution in [0.15, 0.2) is 6.20 Å². The lowest BCUT2D eigenvalue weighted by Crippen LogP contribution is -2.36. The molecule has 72 valence electrons. The minimum Gasteiger partial charge on any atom is -0.285 e. The van der Waals surface area contributed by atoms with E-state index in [-0.39, 0.29) is 5.91 Å². The summed E-state index contributed by atoms with van der Waals surface area (Å²) in [5.41, 5.74) is 4.12. The van der Waals surface area contributed by atoms with Crippen LogP contribution in [-0.2, 0) is 7.05 Å². The zero-order valence-corrected chi connectivity index (χ0v) is 8.33. The number of hydrogen-bond acceptors (Lipinski definition) is 3. The fourth-order valence-corrected chi connectivity index (χ4v) is 0.985. The van der Waals surface area contributed by atoms with E-state index in [1.54, 1.807) is 30.0 Å². The molecule has 1 aromatic rings. The van der Waals surface area contributed by atoms with E-state index in [0.717, 1.165) is 5.69 Å². The van der Waals surface area contributed by atoms with E-state index >= 15 is 0 Å². The van der Waals surface area contributed by atoms with Crippen LogP contribution in [0.3, 0.4) is 0 Å². The van der Waals surface area contributed by atoms with Crippen LogP contribution in [0.4, 0.5) is 0 Å². The summed E-state index contributed by atoms with van der Waals surface area (Å²) in [7, 11) is 5.34. The highest BCUT2D eigenvalue weighted by atomic mass is 16.2. The first-order valence-electron chi connectivity index (χ1n) is 3.99. The Hall–Kier alpha value is -1.36. The molecule has 0 spiro atoms. The molecule has 0 aliphatic carbocycles. The average molecular weight is 182 g/mol. The lowest BCUT2D eigenvalue weighted by molar-refractivity contribution is 0.0856. The maximum absolute atomic E-state index is 11.5. The summed E-state index contributed by atoms with van der Waals surface area (Å²) in [6.45, 7) is 1.86. The molecule has 0 aromatic carbocycles. The molecule has 1 aromatic heterocycles. The van der Waals surface area contributed by atoms with Crippen molar-refractivity contribution >= 4 is 5.91 Å². The van der Waals surface area contributed by atoms with E-state index in [2.05, 4.69) is 10.5 Å². The lowest BCUT2D eigenvalue weighted by Gasteiger charge is -2.10. The average Bonchev–Trinajstić information content (AvgIpc) is 2.31. The number of nitrogens with zero attached hydrogens (tertiary/aromatic N) is 3. The van der Waals surface area contributed by atoms with Crippen LogP contribution in [0.1, 0.15) is 16.1 Å². The SMILES string of the molecule is Cc1c(C(=O)NN(C)C)cnn1C. The summed E-state index contributed by atoms with van der Waals surface area (Å²) in [6.07, 6.45) is 1.56. The Labute approximate surface area is 77.3 Å². The first-order chi connectivity index (χ1) is 6.02. The number of carbonyl (C=O) groups excluding carboxylic acids is 1. The zero-order valence-electron chi connectivity index (χ0n) is 8.33. The number of aromatic nitrogens is 2. The molecular formula is C8H14N4O. The van der Waals surface area contributed by atoms with Crippen molar-refractivity contribution in [3.63, 3.8) is 0 Å². The molecule has 0 fully saturated rings. The first-order valence-corrected chi connectivity index (χ1v) is 3.99. The van der Waals surface area contributed by atoms with Crippen molar-refractivity contribution in [1.82, 2.24) is 20.2 Å². The first kappa shape index (κ1) is 9.73. The fourth-order valence-electron chi connectivity index (χ4n) is 0.985. The minimum atomic E-state index is -0.129. The van der Waals surface area contributed by atoms with Crippen molar-refractivity contribution in [2.45, 2.75) is 6.92 Å². The molecular weight excluding hydrogens is 168 g/mol. The summed E-state index contributed by atoms with van der Waals surface area (Å²) in [5, 5.41) is 5.59. The van der Waals surface area contributed by atoms with E-state index in [0.29, 0.717) is 5.56 Å². The Kier molecular flexibility index (Phi) is 2.67. The van der Waals surface area contributed by atoms with Crippen molar-refractivity contribution in [3.05, 3.63) is 17.5 Å². The summed E-state index contributed by atoms with van der Waals surface area (Å²) >= 11 is 0. The van der Waals surface area contributed by atoms with Crippen molar-refractivity contribution in [2.75, 3.05) is 14.1 Å². The summed E-state index contributed by atoms with van der Waals surface area (Å²) in [6, 6.07) is 0. The Morgan fingerprint density at radius 1 is 1.62 bits per heavy atom. The van der Waals surface area contributed by atoms with E-state index in [9.17, 15) is 4.79 Å². The maximum Gasteiger partial charge on any atom is 0.269 e. The van der Waals surface area contributed by atoms with Gasteiger partial charge in [-0.15, -0.1) is 0 Å². The molecule has 1 heterocycles. The molecule has 0 radical (unpaired) electrons. The predicted molar refractivity (Wildman–Crippen MR) is 49.1 cm³/mol.